The van der Waals surface area contributed by atoms with Crippen molar-refractivity contribution in [2.24, 2.45) is 4.99 Å². The Balaban J connectivity index is 2.22. The van der Waals surface area contributed by atoms with E-state index in [-0.39, 0.29) is 5.57 Å². The standard InChI is InChI=1S/C18H19N5O2/c1-11-7-12(2)22-17(21-11)16(9-20)18(25)23-15-5-3-13(4-6-15)14(8-19)10-24/h3-10,19-21,24H,1-2H3,(H,23,25)/b14-10+,17-16-,19-8?,20-9?. The lowest BCUT2D eigenvalue weighted by molar-refractivity contribution is -0.112. The first-order valence-corrected chi connectivity index (χ1v) is 7.50. The highest BCUT2D eigenvalue weighted by Crippen LogP contribution is 2.17. The minimum absolute atomic E-state index is 0.117. The van der Waals surface area contributed by atoms with Gasteiger partial charge in [0.2, 0.25) is 0 Å². The van der Waals surface area contributed by atoms with Gasteiger partial charge in [-0.2, -0.15) is 0 Å². The molecular formula is C18H19N5O2. The summed E-state index contributed by atoms with van der Waals surface area (Å²) in [6.07, 6.45) is 4.69. The first kappa shape index (κ1) is 17.9. The maximum Gasteiger partial charge on any atom is 0.260 e. The van der Waals surface area contributed by atoms with Crippen molar-refractivity contribution in [3.8, 4) is 0 Å². The van der Waals surface area contributed by atoms with Crippen molar-refractivity contribution in [3.63, 3.8) is 0 Å². The number of aliphatic hydroxyl groups excluding tert-OH is 1. The summed E-state index contributed by atoms with van der Waals surface area (Å²) in [4.78, 5) is 16.7. The smallest absolute Gasteiger partial charge is 0.260 e. The Morgan fingerprint density at radius 1 is 1.20 bits per heavy atom. The predicted molar refractivity (Wildman–Crippen MR) is 100 cm³/mol. The van der Waals surface area contributed by atoms with Crippen molar-refractivity contribution >= 4 is 35.3 Å². The van der Waals surface area contributed by atoms with Gasteiger partial charge in [0.25, 0.3) is 5.91 Å². The molecule has 1 amide bonds. The fraction of sp³-hybridized carbons (Fsp3) is 0.111. The molecule has 1 aromatic carbocycles. The number of hydrogen-bond acceptors (Lipinski definition) is 6. The monoisotopic (exact) mass is 337 g/mol. The Kier molecular flexibility index (Phi) is 5.62. The summed E-state index contributed by atoms with van der Waals surface area (Å²) in [6, 6.07) is 6.66. The van der Waals surface area contributed by atoms with Crippen molar-refractivity contribution in [1.82, 2.24) is 5.32 Å². The predicted octanol–water partition coefficient (Wildman–Crippen LogP) is 3.00. The summed E-state index contributed by atoms with van der Waals surface area (Å²) >= 11 is 0. The third-order valence-corrected chi connectivity index (χ3v) is 3.44. The van der Waals surface area contributed by atoms with Gasteiger partial charge in [0.05, 0.1) is 11.8 Å². The summed E-state index contributed by atoms with van der Waals surface area (Å²) in [6.45, 7) is 3.67. The van der Waals surface area contributed by atoms with Crippen molar-refractivity contribution < 1.29 is 9.90 Å². The van der Waals surface area contributed by atoms with Crippen LogP contribution < -0.4 is 10.6 Å². The zero-order valence-electron chi connectivity index (χ0n) is 13.9. The van der Waals surface area contributed by atoms with Crippen LogP contribution in [0.25, 0.3) is 5.57 Å². The molecule has 1 aliphatic heterocycles. The van der Waals surface area contributed by atoms with Gasteiger partial charge in [-0.3, -0.25) is 4.79 Å². The lowest BCUT2D eigenvalue weighted by atomic mass is 10.1. The van der Waals surface area contributed by atoms with Crippen LogP contribution in [-0.2, 0) is 4.79 Å². The van der Waals surface area contributed by atoms with Crippen LogP contribution in [0.1, 0.15) is 19.4 Å². The highest BCUT2D eigenvalue weighted by molar-refractivity contribution is 6.18. The van der Waals surface area contributed by atoms with E-state index < -0.39 is 5.91 Å². The normalized spacial score (nSPS) is 16.2. The van der Waals surface area contributed by atoms with Crippen LogP contribution in [0, 0.1) is 10.8 Å². The summed E-state index contributed by atoms with van der Waals surface area (Å²) in [5.74, 6) is -0.127. The minimum Gasteiger partial charge on any atom is -0.515 e. The number of hydrogen-bond donors (Lipinski definition) is 5. The van der Waals surface area contributed by atoms with E-state index in [1.807, 2.05) is 19.9 Å². The summed E-state index contributed by atoms with van der Waals surface area (Å²) in [5.41, 5.74) is 3.24. The van der Waals surface area contributed by atoms with Crippen LogP contribution >= 0.6 is 0 Å². The van der Waals surface area contributed by atoms with Crippen molar-refractivity contribution in [3.05, 3.63) is 59.3 Å². The van der Waals surface area contributed by atoms with E-state index in [2.05, 4.69) is 15.6 Å². The van der Waals surface area contributed by atoms with Crippen LogP contribution in [-0.4, -0.2) is 29.2 Å². The number of aliphatic imine (C=N–C) groups is 1. The van der Waals surface area contributed by atoms with Gasteiger partial charge in [-0.05, 0) is 37.6 Å². The molecule has 0 saturated carbocycles. The molecule has 0 unspecified atom stereocenters. The first-order chi connectivity index (χ1) is 12.0. The van der Waals surface area contributed by atoms with E-state index in [0.717, 1.165) is 30.1 Å². The molecule has 128 valence electrons. The second-order valence-corrected chi connectivity index (χ2v) is 5.37. The van der Waals surface area contributed by atoms with Gasteiger partial charge in [0, 0.05) is 35.1 Å². The van der Waals surface area contributed by atoms with E-state index in [9.17, 15) is 4.79 Å². The highest BCUT2D eigenvalue weighted by Gasteiger charge is 2.16. The molecule has 0 spiro atoms. The van der Waals surface area contributed by atoms with Gasteiger partial charge >= 0.3 is 0 Å². The highest BCUT2D eigenvalue weighted by atomic mass is 16.2. The average Bonchev–Trinajstić information content (AvgIpc) is 2.57. The number of anilines is 1. The number of aliphatic hydroxyl groups is 1. The van der Waals surface area contributed by atoms with Gasteiger partial charge in [-0.1, -0.05) is 12.1 Å². The number of carbonyl (C=O) groups is 1. The minimum atomic E-state index is -0.457. The van der Waals surface area contributed by atoms with Crippen LogP contribution in [0.3, 0.4) is 0 Å². The van der Waals surface area contributed by atoms with E-state index in [0.29, 0.717) is 22.6 Å². The Hall–Kier alpha value is -3.48. The zero-order valence-corrected chi connectivity index (χ0v) is 13.9. The third kappa shape index (κ3) is 4.29. The summed E-state index contributed by atoms with van der Waals surface area (Å²) in [5, 5.41) is 29.5. The Morgan fingerprint density at radius 3 is 2.40 bits per heavy atom. The van der Waals surface area contributed by atoms with Crippen LogP contribution in [0.2, 0.25) is 0 Å². The SMILES string of the molecule is CC1=CC(C)=N/C(=C(/C=N)C(=O)Nc2ccc(/C(C=N)=C/O)cc2)N1. The van der Waals surface area contributed by atoms with E-state index in [1.165, 1.54) is 0 Å². The molecule has 0 fully saturated rings. The number of carbonyl (C=O) groups excluding carboxylic acids is 1. The topological polar surface area (TPSA) is 121 Å². The average molecular weight is 337 g/mol. The van der Waals surface area contributed by atoms with E-state index in [4.69, 9.17) is 15.9 Å². The molecular weight excluding hydrogens is 318 g/mol. The summed E-state index contributed by atoms with van der Waals surface area (Å²) < 4.78 is 0. The quantitative estimate of drug-likeness (QED) is 0.322. The summed E-state index contributed by atoms with van der Waals surface area (Å²) in [7, 11) is 0. The molecule has 5 N–H and O–H groups in total. The van der Waals surface area contributed by atoms with Gasteiger partial charge in [0.15, 0.2) is 0 Å². The molecule has 1 aliphatic rings. The maximum absolute atomic E-state index is 12.5. The number of allylic oxidation sites excluding steroid dienone is 3. The largest absolute Gasteiger partial charge is 0.515 e. The molecule has 1 heterocycles. The van der Waals surface area contributed by atoms with E-state index in [1.54, 1.807) is 24.3 Å². The Bertz CT molecular complexity index is 830. The fourth-order valence-electron chi connectivity index (χ4n) is 2.28. The van der Waals surface area contributed by atoms with Crippen molar-refractivity contribution in [2.75, 3.05) is 5.32 Å². The number of rotatable bonds is 5. The first-order valence-electron chi connectivity index (χ1n) is 7.50. The maximum atomic E-state index is 12.5. The van der Waals surface area contributed by atoms with Gasteiger partial charge in [-0.25, -0.2) is 4.99 Å². The van der Waals surface area contributed by atoms with Crippen LogP contribution in [0.15, 0.2) is 58.7 Å². The Morgan fingerprint density at radius 2 is 1.88 bits per heavy atom. The molecule has 2 rings (SSSR count). The molecule has 7 nitrogen and oxygen atoms in total. The number of benzene rings is 1. The number of nitrogens with zero attached hydrogens (tertiary/aromatic N) is 1. The molecule has 1 aromatic rings. The van der Waals surface area contributed by atoms with Crippen molar-refractivity contribution in [2.45, 2.75) is 13.8 Å². The second kappa shape index (κ2) is 7.87. The number of amides is 1. The number of nitrogens with one attached hydrogen (secondary N) is 4. The molecule has 0 radical (unpaired) electrons. The zero-order chi connectivity index (χ0) is 18.4. The molecule has 0 aromatic heterocycles. The molecule has 0 saturated heterocycles. The Labute approximate surface area is 145 Å². The molecule has 0 aliphatic carbocycles. The van der Waals surface area contributed by atoms with Gasteiger partial charge < -0.3 is 26.6 Å². The van der Waals surface area contributed by atoms with E-state index >= 15 is 0 Å². The van der Waals surface area contributed by atoms with Crippen LogP contribution in [0.4, 0.5) is 5.69 Å². The lowest BCUT2D eigenvalue weighted by Gasteiger charge is -2.16. The second-order valence-electron chi connectivity index (χ2n) is 5.37. The fourth-order valence-corrected chi connectivity index (χ4v) is 2.28. The van der Waals surface area contributed by atoms with Gasteiger partial charge in [0.1, 0.15) is 5.82 Å². The lowest BCUT2D eigenvalue weighted by Crippen LogP contribution is -2.24. The van der Waals surface area contributed by atoms with Crippen molar-refractivity contribution in [1.29, 1.82) is 10.8 Å². The molecule has 0 bridgehead atoms. The van der Waals surface area contributed by atoms with Crippen LogP contribution in [0.5, 0.6) is 0 Å². The molecule has 7 heteroatoms. The molecule has 25 heavy (non-hydrogen) atoms. The van der Waals surface area contributed by atoms with Gasteiger partial charge in [-0.15, -0.1) is 0 Å². The molecule has 0 atom stereocenters. The third-order valence-electron chi connectivity index (χ3n) is 3.44.